The molecule has 4 heteroatoms. The van der Waals surface area contributed by atoms with Crippen LogP contribution in [0.3, 0.4) is 0 Å². The Hall–Kier alpha value is -0.740. The zero-order valence-corrected chi connectivity index (χ0v) is 12.0. The van der Waals surface area contributed by atoms with E-state index in [1.54, 1.807) is 6.07 Å². The summed E-state index contributed by atoms with van der Waals surface area (Å²) in [5.74, 6) is 2.31. The number of para-hydroxylation sites is 1. The summed E-state index contributed by atoms with van der Waals surface area (Å²) in [6.07, 6.45) is 0.952. The number of ether oxygens (including phenoxy) is 1. The lowest BCUT2D eigenvalue weighted by Gasteiger charge is -2.12. The van der Waals surface area contributed by atoms with Crippen LogP contribution in [0.15, 0.2) is 18.2 Å². The Morgan fingerprint density at radius 3 is 2.89 bits per heavy atom. The van der Waals surface area contributed by atoms with Gasteiger partial charge in [0.25, 0.3) is 0 Å². The lowest BCUT2D eigenvalue weighted by atomic mass is 10.2. The first kappa shape index (κ1) is 15.3. The number of hydrogen-bond donors (Lipinski definition) is 1. The van der Waals surface area contributed by atoms with E-state index in [2.05, 4.69) is 12.2 Å². The molecule has 1 N–H and O–H groups in total. The molecule has 0 atom stereocenters. The topological polar surface area (TPSA) is 21.3 Å². The molecule has 0 saturated heterocycles. The minimum absolute atomic E-state index is 0.270. The molecule has 18 heavy (non-hydrogen) atoms. The normalized spacial score (nSPS) is 10.6. The van der Waals surface area contributed by atoms with Crippen molar-refractivity contribution < 1.29 is 9.13 Å². The highest BCUT2D eigenvalue weighted by molar-refractivity contribution is 7.99. The molecule has 0 spiro atoms. The second kappa shape index (κ2) is 9.22. The number of rotatable bonds is 9. The summed E-state index contributed by atoms with van der Waals surface area (Å²) in [6, 6.07) is 5.08. The van der Waals surface area contributed by atoms with Gasteiger partial charge < -0.3 is 10.1 Å². The Bertz CT molecular complexity index is 347. The molecule has 102 valence electrons. The van der Waals surface area contributed by atoms with Crippen molar-refractivity contribution in [3.8, 4) is 5.75 Å². The maximum atomic E-state index is 13.7. The second-order valence-electron chi connectivity index (χ2n) is 3.91. The minimum Gasteiger partial charge on any atom is -0.490 e. The van der Waals surface area contributed by atoms with Crippen LogP contribution in [-0.2, 0) is 6.54 Å². The maximum absolute atomic E-state index is 13.7. The monoisotopic (exact) mass is 271 g/mol. The van der Waals surface area contributed by atoms with E-state index < -0.39 is 0 Å². The van der Waals surface area contributed by atoms with Crippen molar-refractivity contribution in [1.82, 2.24) is 5.32 Å². The van der Waals surface area contributed by atoms with Gasteiger partial charge in [-0.25, -0.2) is 4.39 Å². The first-order valence-electron chi connectivity index (χ1n) is 6.48. The molecular formula is C14H22FNOS. The number of halogens is 1. The second-order valence-corrected chi connectivity index (χ2v) is 5.30. The Labute approximate surface area is 113 Å². The lowest BCUT2D eigenvalue weighted by molar-refractivity contribution is 0.298. The van der Waals surface area contributed by atoms with Gasteiger partial charge in [-0.05, 0) is 30.5 Å². The van der Waals surface area contributed by atoms with Crippen LogP contribution in [0.4, 0.5) is 4.39 Å². The molecule has 0 fully saturated rings. The van der Waals surface area contributed by atoms with Crippen LogP contribution in [0.5, 0.6) is 5.75 Å². The first-order chi connectivity index (χ1) is 8.79. The fourth-order valence-electron chi connectivity index (χ4n) is 1.59. The summed E-state index contributed by atoms with van der Waals surface area (Å²) >= 11 is 1.88. The van der Waals surface area contributed by atoms with Gasteiger partial charge in [0.1, 0.15) is 0 Å². The van der Waals surface area contributed by atoms with Crippen LogP contribution >= 0.6 is 11.8 Å². The van der Waals surface area contributed by atoms with Crippen LogP contribution in [0.1, 0.15) is 25.8 Å². The van der Waals surface area contributed by atoms with Crippen molar-refractivity contribution in [3.05, 3.63) is 29.6 Å². The molecule has 2 nitrogen and oxygen atoms in total. The molecule has 1 aromatic rings. The third-order valence-corrected chi connectivity index (χ3v) is 3.48. The average Bonchev–Trinajstić information content (AvgIpc) is 2.38. The van der Waals surface area contributed by atoms with E-state index in [-0.39, 0.29) is 5.82 Å². The highest BCUT2D eigenvalue weighted by Gasteiger charge is 2.09. The highest BCUT2D eigenvalue weighted by atomic mass is 32.2. The van der Waals surface area contributed by atoms with Crippen LogP contribution in [0.25, 0.3) is 0 Å². The fraction of sp³-hybridized carbons (Fsp3) is 0.571. The van der Waals surface area contributed by atoms with Gasteiger partial charge in [0.05, 0.1) is 6.61 Å². The first-order valence-corrected chi connectivity index (χ1v) is 7.63. The average molecular weight is 271 g/mol. The zero-order valence-electron chi connectivity index (χ0n) is 11.2. The van der Waals surface area contributed by atoms with E-state index in [0.717, 1.165) is 30.0 Å². The van der Waals surface area contributed by atoms with Gasteiger partial charge in [-0.15, -0.1) is 0 Å². The van der Waals surface area contributed by atoms with Gasteiger partial charge >= 0.3 is 0 Å². The Morgan fingerprint density at radius 1 is 1.33 bits per heavy atom. The number of hydrogen-bond acceptors (Lipinski definition) is 3. The molecule has 0 aliphatic heterocycles. The van der Waals surface area contributed by atoms with Crippen LogP contribution < -0.4 is 10.1 Å². The molecule has 1 aromatic carbocycles. The van der Waals surface area contributed by atoms with E-state index in [1.165, 1.54) is 6.07 Å². The predicted molar refractivity (Wildman–Crippen MR) is 76.9 cm³/mol. The smallest absolute Gasteiger partial charge is 0.165 e. The van der Waals surface area contributed by atoms with Gasteiger partial charge in [0.15, 0.2) is 11.6 Å². The number of benzene rings is 1. The standard InChI is InChI=1S/C14H22FNOS/c1-3-16-11-12-7-5-8-13(15)14(12)17-9-6-10-18-4-2/h5,7-8,16H,3-4,6,9-11H2,1-2H3. The number of nitrogens with one attached hydrogen (secondary N) is 1. The Morgan fingerprint density at radius 2 is 2.17 bits per heavy atom. The quantitative estimate of drug-likeness (QED) is 0.695. The molecule has 0 bridgehead atoms. The van der Waals surface area contributed by atoms with Crippen molar-refractivity contribution in [1.29, 1.82) is 0 Å². The van der Waals surface area contributed by atoms with Crippen LogP contribution in [0.2, 0.25) is 0 Å². The molecule has 0 aliphatic rings. The highest BCUT2D eigenvalue weighted by Crippen LogP contribution is 2.22. The summed E-state index contributed by atoms with van der Waals surface area (Å²) in [5, 5.41) is 3.19. The van der Waals surface area contributed by atoms with Gasteiger partial charge in [-0.1, -0.05) is 26.0 Å². The van der Waals surface area contributed by atoms with Crippen molar-refractivity contribution in [2.24, 2.45) is 0 Å². The summed E-state index contributed by atoms with van der Waals surface area (Å²) in [4.78, 5) is 0. The SMILES string of the molecule is CCNCc1cccc(F)c1OCCCSCC. The third kappa shape index (κ3) is 5.27. The summed E-state index contributed by atoms with van der Waals surface area (Å²) < 4.78 is 19.3. The van der Waals surface area contributed by atoms with E-state index in [9.17, 15) is 4.39 Å². The maximum Gasteiger partial charge on any atom is 0.165 e. The molecule has 0 amide bonds. The minimum atomic E-state index is -0.270. The van der Waals surface area contributed by atoms with E-state index in [0.29, 0.717) is 18.9 Å². The van der Waals surface area contributed by atoms with E-state index in [4.69, 9.17) is 4.74 Å². The van der Waals surface area contributed by atoms with Gasteiger partial charge in [0, 0.05) is 12.1 Å². The van der Waals surface area contributed by atoms with Gasteiger partial charge in [-0.3, -0.25) is 0 Å². The Balaban J connectivity index is 2.50. The Kier molecular flexibility index (Phi) is 7.85. The molecule has 0 unspecified atom stereocenters. The molecule has 0 heterocycles. The van der Waals surface area contributed by atoms with Gasteiger partial charge in [0.2, 0.25) is 0 Å². The molecule has 0 radical (unpaired) electrons. The zero-order chi connectivity index (χ0) is 13.2. The fourth-order valence-corrected chi connectivity index (χ4v) is 2.20. The molecule has 0 saturated carbocycles. The predicted octanol–water partition coefficient (Wildman–Crippen LogP) is 3.46. The van der Waals surface area contributed by atoms with E-state index in [1.807, 2.05) is 24.8 Å². The van der Waals surface area contributed by atoms with E-state index >= 15 is 0 Å². The van der Waals surface area contributed by atoms with Gasteiger partial charge in [-0.2, -0.15) is 11.8 Å². The molecule has 1 rings (SSSR count). The largest absolute Gasteiger partial charge is 0.490 e. The van der Waals surface area contributed by atoms with Crippen LogP contribution in [-0.4, -0.2) is 24.7 Å². The van der Waals surface area contributed by atoms with Crippen molar-refractivity contribution in [2.75, 3.05) is 24.7 Å². The van der Waals surface area contributed by atoms with Crippen molar-refractivity contribution in [3.63, 3.8) is 0 Å². The molecule has 0 aromatic heterocycles. The molecule has 0 aliphatic carbocycles. The summed E-state index contributed by atoms with van der Waals surface area (Å²) in [7, 11) is 0. The van der Waals surface area contributed by atoms with Crippen LogP contribution in [0, 0.1) is 5.82 Å². The number of thioether (sulfide) groups is 1. The lowest BCUT2D eigenvalue weighted by Crippen LogP contribution is -2.13. The summed E-state index contributed by atoms with van der Waals surface area (Å²) in [6.45, 7) is 6.25. The van der Waals surface area contributed by atoms with Crippen molar-refractivity contribution in [2.45, 2.75) is 26.8 Å². The third-order valence-electron chi connectivity index (χ3n) is 2.50. The van der Waals surface area contributed by atoms with Crippen molar-refractivity contribution >= 4 is 11.8 Å². The summed E-state index contributed by atoms with van der Waals surface area (Å²) in [5.41, 5.74) is 0.889. The molecular weight excluding hydrogens is 249 g/mol.